The summed E-state index contributed by atoms with van der Waals surface area (Å²) in [6.07, 6.45) is -3.12. The van der Waals surface area contributed by atoms with Crippen LogP contribution in [0.5, 0.6) is 0 Å². The molecule has 0 fully saturated rings. The van der Waals surface area contributed by atoms with E-state index in [0.29, 0.717) is 6.07 Å². The molecule has 0 saturated carbocycles. The van der Waals surface area contributed by atoms with Crippen molar-refractivity contribution in [3.8, 4) is 0 Å². The molecule has 1 rings (SSSR count). The largest absolute Gasteiger partial charge is 0.478 e. The third kappa shape index (κ3) is 1.76. The number of hydrogen-bond donors (Lipinski definition) is 2. The Morgan fingerprint density at radius 1 is 1.57 bits per heavy atom. The summed E-state index contributed by atoms with van der Waals surface area (Å²) in [5.41, 5.74) is 3.26. The average molecular weight is 206 g/mol. The molecule has 0 aliphatic rings. The molecule has 14 heavy (non-hydrogen) atoms. The number of nitrogens with zero attached hydrogens (tertiary/aromatic N) is 1. The average Bonchev–Trinajstić information content (AvgIpc) is 2.07. The normalized spacial score (nSPS) is 10.6. The number of anilines is 1. The van der Waals surface area contributed by atoms with E-state index < -0.39 is 35.3 Å². The van der Waals surface area contributed by atoms with Gasteiger partial charge in [0.25, 0.3) is 6.43 Å². The fourth-order valence-corrected chi connectivity index (χ4v) is 0.842. The van der Waals surface area contributed by atoms with Crippen LogP contribution in [0.1, 0.15) is 22.5 Å². The lowest BCUT2D eigenvalue weighted by atomic mass is 10.2. The van der Waals surface area contributed by atoms with Crippen molar-refractivity contribution >= 4 is 11.8 Å². The van der Waals surface area contributed by atoms with Crippen LogP contribution in [0.3, 0.4) is 0 Å². The maximum Gasteiger partial charge on any atom is 0.339 e. The Morgan fingerprint density at radius 3 is 2.57 bits per heavy atom. The summed E-state index contributed by atoms with van der Waals surface area (Å²) in [5.74, 6) is -3.53. The van der Waals surface area contributed by atoms with Crippen molar-refractivity contribution in [3.63, 3.8) is 0 Å². The van der Waals surface area contributed by atoms with Crippen LogP contribution in [0.15, 0.2) is 6.07 Å². The van der Waals surface area contributed by atoms with Crippen molar-refractivity contribution in [3.05, 3.63) is 23.1 Å². The molecule has 0 aliphatic carbocycles. The molecule has 0 atom stereocenters. The van der Waals surface area contributed by atoms with Crippen LogP contribution < -0.4 is 5.73 Å². The Labute approximate surface area is 76.2 Å². The van der Waals surface area contributed by atoms with Crippen molar-refractivity contribution in [2.24, 2.45) is 0 Å². The van der Waals surface area contributed by atoms with E-state index in [4.69, 9.17) is 10.8 Å². The summed E-state index contributed by atoms with van der Waals surface area (Å²) in [7, 11) is 0. The van der Waals surface area contributed by atoms with Gasteiger partial charge in [-0.1, -0.05) is 0 Å². The molecule has 0 saturated heterocycles. The van der Waals surface area contributed by atoms with Gasteiger partial charge in [0.05, 0.1) is 0 Å². The molecule has 1 aromatic rings. The minimum Gasteiger partial charge on any atom is -0.478 e. The van der Waals surface area contributed by atoms with Crippen molar-refractivity contribution in [2.45, 2.75) is 6.43 Å². The molecule has 0 spiro atoms. The van der Waals surface area contributed by atoms with E-state index in [1.807, 2.05) is 0 Å². The minimum atomic E-state index is -3.12. The van der Waals surface area contributed by atoms with Crippen LogP contribution in [-0.4, -0.2) is 16.1 Å². The van der Waals surface area contributed by atoms with Gasteiger partial charge in [-0.2, -0.15) is 0 Å². The second kappa shape index (κ2) is 3.52. The highest BCUT2D eigenvalue weighted by atomic mass is 19.3. The lowest BCUT2D eigenvalue weighted by molar-refractivity contribution is 0.0696. The van der Waals surface area contributed by atoms with Gasteiger partial charge in [-0.25, -0.2) is 22.9 Å². The van der Waals surface area contributed by atoms with E-state index in [1.165, 1.54) is 0 Å². The fraction of sp³-hybridized carbons (Fsp3) is 0.143. The van der Waals surface area contributed by atoms with Crippen molar-refractivity contribution < 1.29 is 23.1 Å². The SMILES string of the molecule is Nc1nc(C(F)F)c(F)cc1C(=O)O. The van der Waals surface area contributed by atoms with Crippen LogP contribution in [0.4, 0.5) is 19.0 Å². The standard InChI is InChI=1S/C7H5F3N2O2/c8-3-1-2(7(13)14)6(11)12-4(3)5(9)10/h1,5H,(H2,11,12)(H,13,14). The zero-order valence-corrected chi connectivity index (χ0v) is 6.67. The molecule has 0 amide bonds. The number of alkyl halides is 2. The molecular formula is C7H5F3N2O2. The van der Waals surface area contributed by atoms with Gasteiger partial charge in [0.15, 0.2) is 5.82 Å². The van der Waals surface area contributed by atoms with Crippen LogP contribution in [0.25, 0.3) is 0 Å². The van der Waals surface area contributed by atoms with Gasteiger partial charge >= 0.3 is 5.97 Å². The number of carboxylic acids is 1. The first-order valence-electron chi connectivity index (χ1n) is 3.41. The number of aromatic nitrogens is 1. The van der Waals surface area contributed by atoms with Gasteiger partial charge in [-0.15, -0.1) is 0 Å². The second-order valence-corrected chi connectivity index (χ2v) is 2.39. The Kier molecular flexibility index (Phi) is 2.59. The molecule has 4 nitrogen and oxygen atoms in total. The maximum absolute atomic E-state index is 12.8. The minimum absolute atomic E-state index is 0.423. The molecule has 0 radical (unpaired) electrons. The number of nitrogen functional groups attached to an aromatic ring is 1. The Hall–Kier alpha value is -1.79. The molecule has 0 aliphatic heterocycles. The number of carboxylic acid groups (broad SMARTS) is 1. The first-order valence-corrected chi connectivity index (χ1v) is 3.41. The van der Waals surface area contributed by atoms with Gasteiger partial charge in [0.1, 0.15) is 17.1 Å². The number of carbonyl (C=O) groups is 1. The number of hydrogen-bond acceptors (Lipinski definition) is 3. The maximum atomic E-state index is 12.8. The number of nitrogens with two attached hydrogens (primary N) is 1. The smallest absolute Gasteiger partial charge is 0.339 e. The third-order valence-corrected chi connectivity index (χ3v) is 1.47. The zero-order chi connectivity index (χ0) is 10.9. The van der Waals surface area contributed by atoms with E-state index in [2.05, 4.69) is 4.98 Å². The van der Waals surface area contributed by atoms with Gasteiger partial charge in [-0.3, -0.25) is 0 Å². The van der Waals surface area contributed by atoms with Gasteiger partial charge < -0.3 is 10.8 Å². The molecule has 1 heterocycles. The number of rotatable bonds is 2. The van der Waals surface area contributed by atoms with E-state index in [0.717, 1.165) is 0 Å². The molecule has 7 heteroatoms. The van der Waals surface area contributed by atoms with Crippen molar-refractivity contribution in [2.75, 3.05) is 5.73 Å². The van der Waals surface area contributed by atoms with E-state index >= 15 is 0 Å². The molecule has 0 aromatic carbocycles. The van der Waals surface area contributed by atoms with Gasteiger partial charge in [-0.05, 0) is 6.07 Å². The molecule has 76 valence electrons. The monoisotopic (exact) mass is 206 g/mol. The van der Waals surface area contributed by atoms with Gasteiger partial charge in [0.2, 0.25) is 0 Å². The summed E-state index contributed by atoms with van der Waals surface area (Å²) in [4.78, 5) is 13.3. The molecule has 1 aromatic heterocycles. The summed E-state index contributed by atoms with van der Waals surface area (Å²) in [6, 6.07) is 0.423. The highest BCUT2D eigenvalue weighted by molar-refractivity contribution is 5.92. The van der Waals surface area contributed by atoms with Crippen LogP contribution in [0, 0.1) is 5.82 Å². The van der Waals surface area contributed by atoms with Crippen LogP contribution in [0.2, 0.25) is 0 Å². The van der Waals surface area contributed by atoms with E-state index in [9.17, 15) is 18.0 Å². The summed E-state index contributed by atoms with van der Waals surface area (Å²) >= 11 is 0. The Balaban J connectivity index is 3.31. The lowest BCUT2D eigenvalue weighted by Crippen LogP contribution is -2.08. The Bertz CT molecular complexity index is 381. The van der Waals surface area contributed by atoms with E-state index in [-0.39, 0.29) is 0 Å². The molecule has 0 unspecified atom stereocenters. The molecule has 3 N–H and O–H groups in total. The van der Waals surface area contributed by atoms with E-state index in [1.54, 1.807) is 0 Å². The number of aromatic carboxylic acids is 1. The number of halogens is 3. The Morgan fingerprint density at radius 2 is 2.14 bits per heavy atom. The van der Waals surface area contributed by atoms with Crippen molar-refractivity contribution in [1.82, 2.24) is 4.98 Å². The predicted molar refractivity (Wildman–Crippen MR) is 40.5 cm³/mol. The fourth-order valence-electron chi connectivity index (χ4n) is 0.842. The third-order valence-electron chi connectivity index (χ3n) is 1.47. The van der Waals surface area contributed by atoms with Crippen molar-refractivity contribution in [1.29, 1.82) is 0 Å². The van der Waals surface area contributed by atoms with Crippen LogP contribution >= 0.6 is 0 Å². The van der Waals surface area contributed by atoms with Gasteiger partial charge in [0, 0.05) is 0 Å². The lowest BCUT2D eigenvalue weighted by Gasteiger charge is -2.04. The quantitative estimate of drug-likeness (QED) is 0.767. The number of pyridine rings is 1. The summed E-state index contributed by atoms with van der Waals surface area (Å²) in [6.45, 7) is 0. The van der Waals surface area contributed by atoms with Crippen LogP contribution in [-0.2, 0) is 0 Å². The summed E-state index contributed by atoms with van der Waals surface area (Å²) in [5, 5.41) is 8.45. The zero-order valence-electron chi connectivity index (χ0n) is 6.67. The first kappa shape index (κ1) is 10.3. The first-order chi connectivity index (χ1) is 6.43. The molecule has 0 bridgehead atoms. The second-order valence-electron chi connectivity index (χ2n) is 2.39. The topological polar surface area (TPSA) is 76.2 Å². The summed E-state index contributed by atoms with van der Waals surface area (Å²) < 4.78 is 36.9. The highest BCUT2D eigenvalue weighted by Gasteiger charge is 2.20. The predicted octanol–water partition coefficient (Wildman–Crippen LogP) is 1.44. The molecular weight excluding hydrogens is 201 g/mol. The highest BCUT2D eigenvalue weighted by Crippen LogP contribution is 2.23.